The normalized spacial score (nSPS) is 17.9. The molecule has 0 bridgehead atoms. The minimum atomic E-state index is 0.135. The number of para-hydroxylation sites is 2. The number of carbonyl (C=O) groups is 1. The highest BCUT2D eigenvalue weighted by molar-refractivity contribution is 5.97. The Morgan fingerprint density at radius 3 is 2.67 bits per heavy atom. The first-order chi connectivity index (χ1) is 11.5. The lowest BCUT2D eigenvalue weighted by atomic mass is 10.1. The van der Waals surface area contributed by atoms with E-state index in [9.17, 15) is 4.79 Å². The number of anilines is 1. The summed E-state index contributed by atoms with van der Waals surface area (Å²) in [4.78, 5) is 19.3. The summed E-state index contributed by atoms with van der Waals surface area (Å²) in [5.41, 5.74) is 5.49. The van der Waals surface area contributed by atoms with Gasteiger partial charge in [0.05, 0.1) is 11.0 Å². The molecule has 0 aliphatic carbocycles. The minimum Gasteiger partial charge on any atom is -0.331 e. The molecule has 1 saturated heterocycles. The molecule has 3 aromatic rings. The first-order valence-electron chi connectivity index (χ1n) is 8.33. The van der Waals surface area contributed by atoms with Crippen LogP contribution in [0, 0.1) is 13.8 Å². The summed E-state index contributed by atoms with van der Waals surface area (Å²) >= 11 is 0. The van der Waals surface area contributed by atoms with Gasteiger partial charge in [-0.05, 0) is 37.6 Å². The fourth-order valence-corrected chi connectivity index (χ4v) is 3.75. The van der Waals surface area contributed by atoms with E-state index in [0.29, 0.717) is 13.0 Å². The molecular weight excluding hydrogens is 298 g/mol. The number of amides is 1. The lowest BCUT2D eigenvalue weighted by Crippen LogP contribution is -2.25. The van der Waals surface area contributed by atoms with Gasteiger partial charge in [0, 0.05) is 31.6 Å². The number of hydrogen-bond acceptors (Lipinski definition) is 2. The zero-order valence-corrected chi connectivity index (χ0v) is 14.3. The van der Waals surface area contributed by atoms with Crippen LogP contribution in [0.1, 0.15) is 29.3 Å². The second kappa shape index (κ2) is 5.48. The molecule has 2 heterocycles. The molecule has 1 fully saturated rings. The molecule has 1 atom stereocenters. The van der Waals surface area contributed by atoms with Gasteiger partial charge < -0.3 is 9.47 Å². The highest BCUT2D eigenvalue weighted by Crippen LogP contribution is 2.34. The summed E-state index contributed by atoms with van der Waals surface area (Å²) < 4.78 is 2.12. The Morgan fingerprint density at radius 1 is 1.12 bits per heavy atom. The van der Waals surface area contributed by atoms with Gasteiger partial charge in [-0.25, -0.2) is 4.98 Å². The molecule has 1 aliphatic rings. The summed E-state index contributed by atoms with van der Waals surface area (Å²) in [6.07, 6.45) is 0.518. The van der Waals surface area contributed by atoms with Gasteiger partial charge in [-0.15, -0.1) is 0 Å². The van der Waals surface area contributed by atoms with Crippen molar-refractivity contribution < 1.29 is 4.79 Å². The maximum absolute atomic E-state index is 12.6. The van der Waals surface area contributed by atoms with Gasteiger partial charge >= 0.3 is 0 Å². The van der Waals surface area contributed by atoms with E-state index in [2.05, 4.69) is 42.7 Å². The van der Waals surface area contributed by atoms with Gasteiger partial charge in [0.15, 0.2) is 0 Å². The highest BCUT2D eigenvalue weighted by Gasteiger charge is 2.34. The molecule has 4 nitrogen and oxygen atoms in total. The summed E-state index contributed by atoms with van der Waals surface area (Å²) in [7, 11) is 2.04. The Kier molecular flexibility index (Phi) is 3.41. The van der Waals surface area contributed by atoms with E-state index in [4.69, 9.17) is 4.98 Å². The Balaban J connectivity index is 1.69. The average molecular weight is 319 g/mol. The lowest BCUT2D eigenvalue weighted by Gasteiger charge is -2.19. The molecule has 1 amide bonds. The fourth-order valence-electron chi connectivity index (χ4n) is 3.75. The summed E-state index contributed by atoms with van der Waals surface area (Å²) in [5, 5.41) is 0. The van der Waals surface area contributed by atoms with E-state index in [1.165, 1.54) is 5.56 Å². The molecular formula is C20H21N3O. The van der Waals surface area contributed by atoms with Crippen LogP contribution in [0.3, 0.4) is 0 Å². The fraction of sp³-hybridized carbons (Fsp3) is 0.300. The predicted octanol–water partition coefficient (Wildman–Crippen LogP) is 3.71. The molecule has 1 aromatic heterocycles. The minimum absolute atomic E-state index is 0.135. The van der Waals surface area contributed by atoms with Gasteiger partial charge in [-0.1, -0.05) is 29.8 Å². The zero-order valence-electron chi connectivity index (χ0n) is 14.3. The van der Waals surface area contributed by atoms with Crippen molar-refractivity contribution in [3.8, 4) is 0 Å². The SMILES string of the molecule is Cc1ccc(N2CC(c3nc4ccccc4n3C)CC2=O)c(C)c1. The van der Waals surface area contributed by atoms with Crippen LogP contribution < -0.4 is 4.90 Å². The van der Waals surface area contributed by atoms with Crippen LogP contribution >= 0.6 is 0 Å². The summed E-state index contributed by atoms with van der Waals surface area (Å²) in [6, 6.07) is 14.4. The number of aryl methyl sites for hydroxylation is 3. The molecule has 0 N–H and O–H groups in total. The smallest absolute Gasteiger partial charge is 0.227 e. The van der Waals surface area contributed by atoms with E-state index in [-0.39, 0.29) is 11.8 Å². The van der Waals surface area contributed by atoms with Crippen LogP contribution in [0.2, 0.25) is 0 Å². The molecule has 4 heteroatoms. The topological polar surface area (TPSA) is 38.1 Å². The quantitative estimate of drug-likeness (QED) is 0.722. The summed E-state index contributed by atoms with van der Waals surface area (Å²) in [6.45, 7) is 4.84. The highest BCUT2D eigenvalue weighted by atomic mass is 16.2. The van der Waals surface area contributed by atoms with Crippen LogP contribution in [-0.2, 0) is 11.8 Å². The van der Waals surface area contributed by atoms with E-state index in [1.54, 1.807) is 0 Å². The Hall–Kier alpha value is -2.62. The predicted molar refractivity (Wildman–Crippen MR) is 96.3 cm³/mol. The van der Waals surface area contributed by atoms with E-state index >= 15 is 0 Å². The van der Waals surface area contributed by atoms with Crippen LogP contribution in [0.4, 0.5) is 5.69 Å². The van der Waals surface area contributed by atoms with E-state index in [0.717, 1.165) is 28.1 Å². The number of nitrogens with zero attached hydrogens (tertiary/aromatic N) is 3. The van der Waals surface area contributed by atoms with Crippen molar-refractivity contribution in [2.75, 3.05) is 11.4 Å². The van der Waals surface area contributed by atoms with Crippen molar-refractivity contribution in [2.45, 2.75) is 26.2 Å². The first-order valence-corrected chi connectivity index (χ1v) is 8.33. The third kappa shape index (κ3) is 2.30. The Morgan fingerprint density at radius 2 is 1.92 bits per heavy atom. The number of benzene rings is 2. The lowest BCUT2D eigenvalue weighted by molar-refractivity contribution is -0.117. The Labute approximate surface area is 141 Å². The van der Waals surface area contributed by atoms with Gasteiger partial charge in [0.1, 0.15) is 5.82 Å². The maximum atomic E-state index is 12.6. The van der Waals surface area contributed by atoms with E-state index < -0.39 is 0 Å². The monoisotopic (exact) mass is 319 g/mol. The van der Waals surface area contributed by atoms with Gasteiger partial charge in [-0.3, -0.25) is 4.79 Å². The second-order valence-corrected chi connectivity index (χ2v) is 6.71. The van der Waals surface area contributed by atoms with Crippen molar-refractivity contribution >= 4 is 22.6 Å². The standard InChI is InChI=1S/C20H21N3O/c1-13-8-9-17(14(2)10-13)23-12-15(11-19(23)24)20-21-16-6-4-5-7-18(16)22(20)3/h4-10,15H,11-12H2,1-3H3. The van der Waals surface area contributed by atoms with Gasteiger partial charge in [-0.2, -0.15) is 0 Å². The van der Waals surface area contributed by atoms with Gasteiger partial charge in [0.2, 0.25) is 5.91 Å². The molecule has 24 heavy (non-hydrogen) atoms. The largest absolute Gasteiger partial charge is 0.331 e. The van der Waals surface area contributed by atoms with Crippen molar-refractivity contribution in [2.24, 2.45) is 7.05 Å². The molecule has 0 radical (unpaired) electrons. The number of imidazole rings is 1. The molecule has 122 valence electrons. The number of aromatic nitrogens is 2. The number of fused-ring (bicyclic) bond motifs is 1. The molecule has 4 rings (SSSR count). The molecule has 0 spiro atoms. The van der Waals surface area contributed by atoms with Crippen molar-refractivity contribution in [1.82, 2.24) is 9.55 Å². The first kappa shape index (κ1) is 14.9. The second-order valence-electron chi connectivity index (χ2n) is 6.71. The zero-order chi connectivity index (χ0) is 16.8. The van der Waals surface area contributed by atoms with Crippen LogP contribution in [0.15, 0.2) is 42.5 Å². The third-order valence-corrected chi connectivity index (χ3v) is 4.96. The number of rotatable bonds is 2. The Bertz CT molecular complexity index is 941. The van der Waals surface area contributed by atoms with Crippen molar-refractivity contribution in [1.29, 1.82) is 0 Å². The average Bonchev–Trinajstić information content (AvgIpc) is 3.09. The number of hydrogen-bond donors (Lipinski definition) is 0. The molecule has 2 aromatic carbocycles. The molecule has 0 saturated carbocycles. The van der Waals surface area contributed by atoms with E-state index in [1.807, 2.05) is 30.1 Å². The molecule has 1 aliphatic heterocycles. The van der Waals surface area contributed by atoms with Crippen LogP contribution in [0.25, 0.3) is 11.0 Å². The van der Waals surface area contributed by atoms with Crippen molar-refractivity contribution in [3.05, 3.63) is 59.4 Å². The molecule has 1 unspecified atom stereocenters. The third-order valence-electron chi connectivity index (χ3n) is 4.96. The number of carbonyl (C=O) groups excluding carboxylic acids is 1. The van der Waals surface area contributed by atoms with Crippen molar-refractivity contribution in [3.63, 3.8) is 0 Å². The summed E-state index contributed by atoms with van der Waals surface area (Å²) in [5.74, 6) is 1.31. The van der Waals surface area contributed by atoms with Crippen LogP contribution in [0.5, 0.6) is 0 Å². The van der Waals surface area contributed by atoms with Crippen LogP contribution in [-0.4, -0.2) is 22.0 Å². The maximum Gasteiger partial charge on any atom is 0.227 e. The van der Waals surface area contributed by atoms with Gasteiger partial charge in [0.25, 0.3) is 0 Å².